The largest absolute Gasteiger partial charge is 0.279 e. The molecule has 0 amide bonds. The summed E-state index contributed by atoms with van der Waals surface area (Å²) >= 11 is 0. The Morgan fingerprint density at radius 3 is 2.54 bits per heavy atom. The Balaban J connectivity index is 1.74. The average molecular weight is 420 g/mol. The smallest absolute Gasteiger partial charge is 0.265 e. The van der Waals surface area contributed by atoms with E-state index in [-0.39, 0.29) is 22.4 Å². The van der Waals surface area contributed by atoms with Gasteiger partial charge in [-0.1, -0.05) is 36.4 Å². The van der Waals surface area contributed by atoms with Crippen LogP contribution in [0.1, 0.15) is 23.9 Å². The number of rotatable bonds is 4. The third kappa shape index (κ3) is 3.29. The highest BCUT2D eigenvalue weighted by molar-refractivity contribution is 7.93. The number of anilines is 1. The quantitative estimate of drug-likeness (QED) is 0.701. The predicted molar refractivity (Wildman–Crippen MR) is 109 cm³/mol. The molecule has 2 aromatic carbocycles. The molecule has 1 aliphatic heterocycles. The fraction of sp³-hybridized carbons (Fsp3) is 0.316. The Kier molecular flexibility index (Phi) is 4.46. The van der Waals surface area contributed by atoms with Gasteiger partial charge in [0.1, 0.15) is 4.90 Å². The van der Waals surface area contributed by atoms with Gasteiger partial charge in [-0.05, 0) is 31.7 Å². The number of nitrogens with one attached hydrogen (secondary N) is 1. The van der Waals surface area contributed by atoms with Gasteiger partial charge in [-0.2, -0.15) is 5.10 Å². The van der Waals surface area contributed by atoms with Gasteiger partial charge in [-0.15, -0.1) is 0 Å². The van der Waals surface area contributed by atoms with Crippen LogP contribution in [0.15, 0.2) is 47.4 Å². The number of fused-ring (bicyclic) bond motifs is 1. The molecule has 1 fully saturated rings. The summed E-state index contributed by atoms with van der Waals surface area (Å²) in [6.45, 7) is 3.30. The van der Waals surface area contributed by atoms with Crippen LogP contribution in [0.25, 0.3) is 10.8 Å². The van der Waals surface area contributed by atoms with Crippen molar-refractivity contribution >= 4 is 36.3 Å². The van der Waals surface area contributed by atoms with E-state index in [1.54, 1.807) is 30.7 Å². The highest BCUT2D eigenvalue weighted by atomic mass is 32.2. The van der Waals surface area contributed by atoms with E-state index in [0.29, 0.717) is 23.5 Å². The molecule has 1 N–H and O–H groups in total. The number of nitrogens with zero attached hydrogens (tertiary/aromatic N) is 2. The van der Waals surface area contributed by atoms with Crippen molar-refractivity contribution in [2.24, 2.45) is 0 Å². The normalized spacial score (nSPS) is 19.1. The lowest BCUT2D eigenvalue weighted by molar-refractivity contribution is 0.484. The molecule has 0 bridgehead atoms. The standard InChI is InChI=1S/C19H21N3O4S2/c1-13-19(14(2)22(20-13)16-10-11-27(23,24)12-16)28(25,26)21-18-9-5-7-15-6-3-4-8-17(15)18/h3-9,16,21H,10-12H2,1-2H3/t16-/m1/s1. The minimum Gasteiger partial charge on any atom is -0.279 e. The summed E-state index contributed by atoms with van der Waals surface area (Å²) in [4.78, 5) is 0.102. The van der Waals surface area contributed by atoms with Gasteiger partial charge in [-0.3, -0.25) is 9.40 Å². The SMILES string of the molecule is Cc1nn([C@@H]2CCS(=O)(=O)C2)c(C)c1S(=O)(=O)Nc1cccc2ccccc12. The molecule has 28 heavy (non-hydrogen) atoms. The molecule has 1 atom stereocenters. The predicted octanol–water partition coefficient (Wildman–Crippen LogP) is 2.81. The van der Waals surface area contributed by atoms with Crippen molar-refractivity contribution < 1.29 is 16.8 Å². The summed E-state index contributed by atoms with van der Waals surface area (Å²) in [7, 11) is -6.98. The second kappa shape index (κ2) is 6.59. The van der Waals surface area contributed by atoms with Crippen LogP contribution in [0.2, 0.25) is 0 Å². The molecule has 7 nitrogen and oxygen atoms in total. The topological polar surface area (TPSA) is 98.1 Å². The second-order valence-electron chi connectivity index (χ2n) is 7.13. The molecular weight excluding hydrogens is 398 g/mol. The van der Waals surface area contributed by atoms with Crippen LogP contribution in [0.3, 0.4) is 0 Å². The molecule has 9 heteroatoms. The Bertz CT molecular complexity index is 1270. The third-order valence-electron chi connectivity index (χ3n) is 5.12. The minimum absolute atomic E-state index is 0.00873. The van der Waals surface area contributed by atoms with Crippen molar-refractivity contribution in [3.05, 3.63) is 53.9 Å². The van der Waals surface area contributed by atoms with Gasteiger partial charge >= 0.3 is 0 Å². The molecule has 0 radical (unpaired) electrons. The number of hydrogen-bond acceptors (Lipinski definition) is 5. The van der Waals surface area contributed by atoms with Crippen LogP contribution < -0.4 is 4.72 Å². The number of benzene rings is 2. The van der Waals surface area contributed by atoms with Crippen molar-refractivity contribution in [1.29, 1.82) is 0 Å². The van der Waals surface area contributed by atoms with E-state index in [0.717, 1.165) is 10.8 Å². The monoisotopic (exact) mass is 419 g/mol. The summed E-state index contributed by atoms with van der Waals surface area (Å²) < 4.78 is 54.2. The maximum atomic E-state index is 13.2. The molecule has 1 saturated heterocycles. The zero-order chi connectivity index (χ0) is 20.1. The first kappa shape index (κ1) is 18.9. The van der Waals surface area contributed by atoms with Crippen LogP contribution in [-0.4, -0.2) is 38.1 Å². The average Bonchev–Trinajstić information content (AvgIpc) is 3.13. The summed E-state index contributed by atoms with van der Waals surface area (Å²) in [5, 5.41) is 6.10. The van der Waals surface area contributed by atoms with Crippen LogP contribution in [0.4, 0.5) is 5.69 Å². The Morgan fingerprint density at radius 2 is 1.82 bits per heavy atom. The van der Waals surface area contributed by atoms with Crippen LogP contribution in [0.5, 0.6) is 0 Å². The molecule has 0 aliphatic carbocycles. The molecule has 0 unspecified atom stereocenters. The van der Waals surface area contributed by atoms with Crippen molar-refractivity contribution in [1.82, 2.24) is 9.78 Å². The fourth-order valence-electron chi connectivity index (χ4n) is 3.87. The number of sulfone groups is 1. The lowest BCUT2D eigenvalue weighted by Crippen LogP contribution is -2.17. The van der Waals surface area contributed by atoms with E-state index in [9.17, 15) is 16.8 Å². The van der Waals surface area contributed by atoms with Gasteiger partial charge in [0.05, 0.1) is 34.6 Å². The van der Waals surface area contributed by atoms with Crippen molar-refractivity contribution in [3.8, 4) is 0 Å². The highest BCUT2D eigenvalue weighted by Gasteiger charge is 2.33. The Hall–Kier alpha value is -2.39. The van der Waals surface area contributed by atoms with Gasteiger partial charge in [-0.25, -0.2) is 16.8 Å². The van der Waals surface area contributed by atoms with Gasteiger partial charge in [0.2, 0.25) is 0 Å². The number of sulfonamides is 1. The number of aromatic nitrogens is 2. The molecule has 1 aromatic heterocycles. The lowest BCUT2D eigenvalue weighted by Gasteiger charge is -2.13. The van der Waals surface area contributed by atoms with E-state index in [1.807, 2.05) is 30.3 Å². The van der Waals surface area contributed by atoms with Gasteiger partial charge in [0, 0.05) is 5.39 Å². The first-order valence-corrected chi connectivity index (χ1v) is 12.3. The zero-order valence-corrected chi connectivity index (χ0v) is 17.2. The van der Waals surface area contributed by atoms with Crippen molar-refractivity contribution in [3.63, 3.8) is 0 Å². The summed E-state index contributed by atoms with van der Waals surface area (Å²) in [5.74, 6) is 0.0948. The lowest BCUT2D eigenvalue weighted by atomic mass is 10.1. The Labute approximate surface area is 164 Å². The molecule has 2 heterocycles. The molecule has 3 aromatic rings. The summed E-state index contributed by atoms with van der Waals surface area (Å²) in [6, 6.07) is 12.6. The minimum atomic E-state index is -3.89. The van der Waals surface area contributed by atoms with Gasteiger partial charge in [0.15, 0.2) is 9.84 Å². The van der Waals surface area contributed by atoms with E-state index in [4.69, 9.17) is 0 Å². The summed E-state index contributed by atoms with van der Waals surface area (Å²) in [6.07, 6.45) is 0.445. The zero-order valence-electron chi connectivity index (χ0n) is 15.6. The first-order chi connectivity index (χ1) is 13.2. The number of hydrogen-bond donors (Lipinski definition) is 1. The molecule has 0 spiro atoms. The summed E-state index contributed by atoms with van der Waals surface area (Å²) in [5.41, 5.74) is 1.30. The number of aryl methyl sites for hydroxylation is 1. The third-order valence-corrected chi connectivity index (χ3v) is 8.48. The highest BCUT2D eigenvalue weighted by Crippen LogP contribution is 2.31. The van der Waals surface area contributed by atoms with E-state index in [2.05, 4.69) is 9.82 Å². The van der Waals surface area contributed by atoms with Crippen LogP contribution >= 0.6 is 0 Å². The molecule has 148 valence electrons. The second-order valence-corrected chi connectivity index (χ2v) is 11.0. The molecular formula is C19H21N3O4S2. The maximum absolute atomic E-state index is 13.2. The van der Waals surface area contributed by atoms with Crippen LogP contribution in [0, 0.1) is 13.8 Å². The van der Waals surface area contributed by atoms with E-state index in [1.165, 1.54) is 0 Å². The first-order valence-electron chi connectivity index (χ1n) is 8.95. The van der Waals surface area contributed by atoms with Crippen LogP contribution in [-0.2, 0) is 19.9 Å². The molecule has 1 aliphatic rings. The van der Waals surface area contributed by atoms with Crippen molar-refractivity contribution in [2.45, 2.75) is 31.2 Å². The van der Waals surface area contributed by atoms with Gasteiger partial charge < -0.3 is 0 Å². The van der Waals surface area contributed by atoms with E-state index >= 15 is 0 Å². The molecule has 0 saturated carbocycles. The molecule has 4 rings (SSSR count). The Morgan fingerprint density at radius 1 is 1.11 bits per heavy atom. The fourth-order valence-corrected chi connectivity index (χ4v) is 7.04. The van der Waals surface area contributed by atoms with Crippen molar-refractivity contribution in [2.75, 3.05) is 16.2 Å². The maximum Gasteiger partial charge on any atom is 0.265 e. The van der Waals surface area contributed by atoms with E-state index < -0.39 is 19.9 Å². The van der Waals surface area contributed by atoms with Gasteiger partial charge in [0.25, 0.3) is 10.0 Å².